The van der Waals surface area contributed by atoms with Gasteiger partial charge in [-0.05, 0) is 36.5 Å². The molecule has 1 saturated carbocycles. The highest BCUT2D eigenvalue weighted by atomic mass is 16.7. The van der Waals surface area contributed by atoms with Gasteiger partial charge in [-0.1, -0.05) is 25.5 Å². The van der Waals surface area contributed by atoms with Crippen LogP contribution in [0.25, 0.3) is 0 Å². The van der Waals surface area contributed by atoms with E-state index in [0.717, 1.165) is 18.6 Å². The third-order valence-corrected chi connectivity index (χ3v) is 5.11. The Morgan fingerprint density at radius 3 is 2.14 bits per heavy atom. The summed E-state index contributed by atoms with van der Waals surface area (Å²) in [5.41, 5.74) is 1.12. The Labute approximate surface area is 133 Å². The predicted octanol–water partition coefficient (Wildman–Crippen LogP) is 3.81. The second kappa shape index (κ2) is 7.44. The molecule has 0 aliphatic heterocycles. The molecule has 0 saturated heterocycles. The van der Waals surface area contributed by atoms with Crippen LogP contribution in [-0.2, 0) is 14.2 Å². The Morgan fingerprint density at radius 2 is 1.64 bits per heavy atom. The highest BCUT2D eigenvalue weighted by molar-refractivity contribution is 5.29. The zero-order chi connectivity index (χ0) is 16.2. The number of benzene rings is 1. The van der Waals surface area contributed by atoms with E-state index in [4.69, 9.17) is 18.9 Å². The first-order valence-corrected chi connectivity index (χ1v) is 7.83. The van der Waals surface area contributed by atoms with E-state index in [1.54, 1.807) is 28.4 Å². The van der Waals surface area contributed by atoms with E-state index in [1.165, 1.54) is 12.0 Å². The molecule has 0 spiro atoms. The number of rotatable bonds is 7. The van der Waals surface area contributed by atoms with E-state index in [2.05, 4.69) is 19.1 Å². The summed E-state index contributed by atoms with van der Waals surface area (Å²) in [6.07, 6.45) is 3.19. The summed E-state index contributed by atoms with van der Waals surface area (Å²) in [6.45, 7) is 2.25. The Morgan fingerprint density at radius 1 is 1.00 bits per heavy atom. The van der Waals surface area contributed by atoms with Crippen LogP contribution in [0.4, 0.5) is 0 Å². The van der Waals surface area contributed by atoms with Crippen molar-refractivity contribution in [3.8, 4) is 5.75 Å². The monoisotopic (exact) mass is 308 g/mol. The molecule has 3 unspecified atom stereocenters. The quantitative estimate of drug-likeness (QED) is 0.718. The SMILES string of the molecule is COc1ccc(C(OC)C2CCCC2(C)C(OC)OC)cc1. The van der Waals surface area contributed by atoms with E-state index < -0.39 is 0 Å². The van der Waals surface area contributed by atoms with Crippen LogP contribution >= 0.6 is 0 Å². The standard InChI is InChI=1S/C18H28O4/c1-18(17(21-4)22-5)12-6-7-15(18)16(20-3)13-8-10-14(19-2)11-9-13/h8-11,15-17H,6-7,12H2,1-5H3. The van der Waals surface area contributed by atoms with Gasteiger partial charge in [-0.25, -0.2) is 0 Å². The van der Waals surface area contributed by atoms with Crippen LogP contribution in [0.2, 0.25) is 0 Å². The first kappa shape index (κ1) is 17.3. The van der Waals surface area contributed by atoms with Crippen molar-refractivity contribution in [2.75, 3.05) is 28.4 Å². The minimum Gasteiger partial charge on any atom is -0.497 e. The average molecular weight is 308 g/mol. The van der Waals surface area contributed by atoms with Gasteiger partial charge in [0.15, 0.2) is 6.29 Å². The largest absolute Gasteiger partial charge is 0.497 e. The lowest BCUT2D eigenvalue weighted by molar-refractivity contribution is -0.196. The molecule has 0 radical (unpaired) electrons. The molecule has 2 rings (SSSR count). The molecule has 22 heavy (non-hydrogen) atoms. The van der Waals surface area contributed by atoms with Crippen LogP contribution < -0.4 is 4.74 Å². The maximum absolute atomic E-state index is 5.88. The molecule has 0 aromatic heterocycles. The Balaban J connectivity index is 2.28. The molecular weight excluding hydrogens is 280 g/mol. The Bertz CT molecular complexity index is 455. The van der Waals surface area contributed by atoms with E-state index in [0.29, 0.717) is 5.92 Å². The molecule has 0 N–H and O–H groups in total. The van der Waals surface area contributed by atoms with Crippen molar-refractivity contribution >= 4 is 0 Å². The summed E-state index contributed by atoms with van der Waals surface area (Å²) >= 11 is 0. The van der Waals surface area contributed by atoms with Gasteiger partial charge in [0.05, 0.1) is 13.2 Å². The average Bonchev–Trinajstić information content (AvgIpc) is 2.92. The lowest BCUT2D eigenvalue weighted by Gasteiger charge is -2.40. The summed E-state index contributed by atoms with van der Waals surface area (Å²) in [4.78, 5) is 0. The van der Waals surface area contributed by atoms with Gasteiger partial charge in [-0.2, -0.15) is 0 Å². The number of hydrogen-bond acceptors (Lipinski definition) is 4. The van der Waals surface area contributed by atoms with Crippen molar-refractivity contribution in [2.45, 2.75) is 38.6 Å². The van der Waals surface area contributed by atoms with Gasteiger partial charge in [0.2, 0.25) is 0 Å². The predicted molar refractivity (Wildman–Crippen MR) is 86.0 cm³/mol. The van der Waals surface area contributed by atoms with Crippen LogP contribution in [0, 0.1) is 11.3 Å². The summed E-state index contributed by atoms with van der Waals surface area (Å²) in [7, 11) is 6.88. The fourth-order valence-electron chi connectivity index (χ4n) is 3.97. The van der Waals surface area contributed by atoms with Crippen LogP contribution in [0.5, 0.6) is 5.75 Å². The highest BCUT2D eigenvalue weighted by Gasteiger charge is 2.49. The molecule has 1 aliphatic rings. The summed E-state index contributed by atoms with van der Waals surface area (Å²) < 4.78 is 22.3. The van der Waals surface area contributed by atoms with Gasteiger partial charge in [0.25, 0.3) is 0 Å². The van der Waals surface area contributed by atoms with Crippen LogP contribution in [0.3, 0.4) is 0 Å². The fourth-order valence-corrected chi connectivity index (χ4v) is 3.97. The number of methoxy groups -OCH3 is 4. The van der Waals surface area contributed by atoms with Gasteiger partial charge >= 0.3 is 0 Å². The van der Waals surface area contributed by atoms with Crippen molar-refractivity contribution in [1.29, 1.82) is 0 Å². The molecule has 4 heteroatoms. The van der Waals surface area contributed by atoms with Crippen molar-refractivity contribution in [3.63, 3.8) is 0 Å². The normalized spacial score (nSPS) is 26.4. The number of ether oxygens (including phenoxy) is 4. The molecule has 124 valence electrons. The van der Waals surface area contributed by atoms with E-state index >= 15 is 0 Å². The third kappa shape index (κ3) is 3.14. The van der Waals surface area contributed by atoms with Crippen molar-refractivity contribution < 1.29 is 18.9 Å². The maximum atomic E-state index is 5.88. The van der Waals surface area contributed by atoms with Crippen molar-refractivity contribution in [2.24, 2.45) is 11.3 Å². The lowest BCUT2D eigenvalue weighted by Crippen LogP contribution is -2.41. The molecule has 4 nitrogen and oxygen atoms in total. The molecular formula is C18H28O4. The molecule has 0 bridgehead atoms. The highest BCUT2D eigenvalue weighted by Crippen LogP contribution is 2.53. The maximum Gasteiger partial charge on any atom is 0.162 e. The molecule has 1 fully saturated rings. The summed E-state index contributed by atoms with van der Waals surface area (Å²) in [5.74, 6) is 1.22. The molecule has 0 heterocycles. The second-order valence-corrected chi connectivity index (χ2v) is 6.24. The molecule has 3 atom stereocenters. The van der Waals surface area contributed by atoms with Gasteiger partial charge in [0.1, 0.15) is 5.75 Å². The fraction of sp³-hybridized carbons (Fsp3) is 0.667. The zero-order valence-electron chi connectivity index (χ0n) is 14.3. The van der Waals surface area contributed by atoms with Crippen molar-refractivity contribution in [1.82, 2.24) is 0 Å². The first-order chi connectivity index (χ1) is 10.6. The lowest BCUT2D eigenvalue weighted by atomic mass is 9.74. The van der Waals surface area contributed by atoms with Gasteiger partial charge in [0, 0.05) is 26.7 Å². The molecule has 1 aliphatic carbocycles. The minimum atomic E-state index is -0.212. The van der Waals surface area contributed by atoms with E-state index in [1.807, 2.05) is 12.1 Å². The Hall–Kier alpha value is -1.10. The van der Waals surface area contributed by atoms with Gasteiger partial charge in [-0.3, -0.25) is 0 Å². The third-order valence-electron chi connectivity index (χ3n) is 5.11. The van der Waals surface area contributed by atoms with Crippen molar-refractivity contribution in [3.05, 3.63) is 29.8 Å². The second-order valence-electron chi connectivity index (χ2n) is 6.24. The molecule has 1 aromatic carbocycles. The summed E-state index contributed by atoms with van der Waals surface area (Å²) in [5, 5.41) is 0. The first-order valence-electron chi connectivity index (χ1n) is 7.83. The summed E-state index contributed by atoms with van der Waals surface area (Å²) in [6, 6.07) is 8.14. The Kier molecular flexibility index (Phi) is 5.84. The zero-order valence-corrected chi connectivity index (χ0v) is 14.3. The van der Waals surface area contributed by atoms with E-state index in [9.17, 15) is 0 Å². The van der Waals surface area contributed by atoms with E-state index in [-0.39, 0.29) is 17.8 Å². The minimum absolute atomic E-state index is 0.0335. The number of hydrogen-bond donors (Lipinski definition) is 0. The van der Waals surface area contributed by atoms with Gasteiger partial charge < -0.3 is 18.9 Å². The van der Waals surface area contributed by atoms with Crippen LogP contribution in [0.1, 0.15) is 37.9 Å². The topological polar surface area (TPSA) is 36.9 Å². The van der Waals surface area contributed by atoms with Crippen LogP contribution in [0.15, 0.2) is 24.3 Å². The smallest absolute Gasteiger partial charge is 0.162 e. The molecule has 1 aromatic rings. The van der Waals surface area contributed by atoms with Crippen LogP contribution in [-0.4, -0.2) is 34.7 Å². The van der Waals surface area contributed by atoms with Gasteiger partial charge in [-0.15, -0.1) is 0 Å². The molecule has 0 amide bonds.